The van der Waals surface area contributed by atoms with Gasteiger partial charge < -0.3 is 15.2 Å². The third-order valence-electron chi connectivity index (χ3n) is 4.27. The Balaban J connectivity index is 1.95. The smallest absolute Gasteiger partial charge is 0.345 e. The maximum Gasteiger partial charge on any atom is 0.417 e. The molecule has 0 aliphatic carbocycles. The van der Waals surface area contributed by atoms with Gasteiger partial charge in [-0.1, -0.05) is 23.4 Å². The molecule has 0 atom stereocenters. The van der Waals surface area contributed by atoms with Crippen LogP contribution in [0.4, 0.5) is 26.3 Å². The van der Waals surface area contributed by atoms with Gasteiger partial charge in [0.1, 0.15) is 6.54 Å². The minimum atomic E-state index is -4.70. The fourth-order valence-corrected chi connectivity index (χ4v) is 2.88. The van der Waals surface area contributed by atoms with Crippen LogP contribution in [0.2, 0.25) is 0 Å². The van der Waals surface area contributed by atoms with Crippen LogP contribution in [0.1, 0.15) is 21.6 Å². The number of nitrogens with one attached hydrogen (secondary N) is 2. The van der Waals surface area contributed by atoms with E-state index in [9.17, 15) is 35.9 Å². The molecule has 3 aromatic rings. The molecule has 1 aromatic carbocycles. The molecule has 0 aliphatic rings. The van der Waals surface area contributed by atoms with Crippen LogP contribution in [0, 0.1) is 6.92 Å². The second kappa shape index (κ2) is 8.48. The minimum Gasteiger partial charge on any atom is -0.345 e. The summed E-state index contributed by atoms with van der Waals surface area (Å²) in [6.45, 7) is -0.911. The van der Waals surface area contributed by atoms with Crippen molar-refractivity contribution in [1.82, 2.24) is 20.8 Å². The van der Waals surface area contributed by atoms with E-state index in [1.807, 2.05) is 0 Å². The van der Waals surface area contributed by atoms with Gasteiger partial charge in [0.25, 0.3) is 11.6 Å². The van der Waals surface area contributed by atoms with Crippen molar-refractivity contribution in [3.8, 4) is 11.3 Å². The van der Waals surface area contributed by atoms with Crippen LogP contribution < -0.4 is 10.6 Å². The van der Waals surface area contributed by atoms with Crippen molar-refractivity contribution in [3.05, 3.63) is 47.2 Å². The average molecular weight is 460 g/mol. The van der Waals surface area contributed by atoms with Crippen molar-refractivity contribution in [2.75, 3.05) is 13.1 Å². The van der Waals surface area contributed by atoms with E-state index < -0.39 is 42.8 Å². The minimum absolute atomic E-state index is 0.0893. The van der Waals surface area contributed by atoms with Gasteiger partial charge in [0.15, 0.2) is 0 Å². The fourth-order valence-electron chi connectivity index (χ4n) is 2.88. The van der Waals surface area contributed by atoms with Crippen molar-refractivity contribution in [1.29, 1.82) is 0 Å². The Labute approximate surface area is 175 Å². The van der Waals surface area contributed by atoms with Gasteiger partial charge in [-0.15, -0.1) is 0 Å². The number of pyridine rings is 1. The third-order valence-corrected chi connectivity index (χ3v) is 4.27. The summed E-state index contributed by atoms with van der Waals surface area (Å²) in [5.41, 5.74) is -1.79. The number of nitrogens with zero attached hydrogens (tertiary/aromatic N) is 2. The van der Waals surface area contributed by atoms with Gasteiger partial charge >= 0.3 is 12.4 Å². The van der Waals surface area contributed by atoms with Gasteiger partial charge in [0, 0.05) is 5.56 Å². The van der Waals surface area contributed by atoms with Crippen LogP contribution in [-0.2, 0) is 11.0 Å². The predicted molar refractivity (Wildman–Crippen MR) is 98.4 cm³/mol. The van der Waals surface area contributed by atoms with Gasteiger partial charge in [0.05, 0.1) is 34.4 Å². The van der Waals surface area contributed by atoms with Crippen LogP contribution in [0.25, 0.3) is 22.4 Å². The highest BCUT2D eigenvalue weighted by molar-refractivity contribution is 6.07. The lowest BCUT2D eigenvalue weighted by Crippen LogP contribution is -2.40. The van der Waals surface area contributed by atoms with E-state index in [2.05, 4.69) is 15.5 Å². The normalized spacial score (nSPS) is 12.1. The zero-order valence-corrected chi connectivity index (χ0v) is 16.2. The van der Waals surface area contributed by atoms with Crippen molar-refractivity contribution < 1.29 is 40.5 Å². The molecule has 2 aromatic heterocycles. The summed E-state index contributed by atoms with van der Waals surface area (Å²) in [5.74, 6) is -2.04. The first-order chi connectivity index (χ1) is 14.9. The highest BCUT2D eigenvalue weighted by Gasteiger charge is 2.34. The third kappa shape index (κ3) is 5.15. The summed E-state index contributed by atoms with van der Waals surface area (Å²) in [6, 6.07) is 5.62. The van der Waals surface area contributed by atoms with Gasteiger partial charge in [-0.25, -0.2) is 4.98 Å². The lowest BCUT2D eigenvalue weighted by molar-refractivity contribution is -0.137. The van der Waals surface area contributed by atoms with E-state index in [1.165, 1.54) is 19.1 Å². The first kappa shape index (κ1) is 23.0. The molecule has 32 heavy (non-hydrogen) atoms. The highest BCUT2D eigenvalue weighted by atomic mass is 19.4. The van der Waals surface area contributed by atoms with E-state index in [-0.39, 0.29) is 33.6 Å². The van der Waals surface area contributed by atoms with Gasteiger partial charge in [-0.05, 0) is 19.1 Å². The van der Waals surface area contributed by atoms with Crippen LogP contribution >= 0.6 is 0 Å². The molecule has 2 N–H and O–H groups in total. The Morgan fingerprint density at radius 1 is 1.06 bits per heavy atom. The number of alkyl halides is 6. The van der Waals surface area contributed by atoms with Crippen LogP contribution in [0.5, 0.6) is 0 Å². The van der Waals surface area contributed by atoms with Gasteiger partial charge in [0.2, 0.25) is 5.91 Å². The topological polar surface area (TPSA) is 97.1 Å². The second-order valence-electron chi connectivity index (χ2n) is 6.62. The maximum absolute atomic E-state index is 13.4. The number of fused-ring (bicyclic) bond motifs is 1. The second-order valence-corrected chi connectivity index (χ2v) is 6.62. The Bertz CT molecular complexity index is 1170. The summed E-state index contributed by atoms with van der Waals surface area (Å²) in [7, 11) is 0. The number of halogens is 6. The molecule has 7 nitrogen and oxygen atoms in total. The SMILES string of the molecule is Cc1noc2nc(-c3ccccc3C(F)(F)F)cc(C(=O)NCC(=O)NCC(F)(F)F)c12. The summed E-state index contributed by atoms with van der Waals surface area (Å²) < 4.78 is 81.8. The molecule has 0 saturated carbocycles. The summed E-state index contributed by atoms with van der Waals surface area (Å²) in [6.07, 6.45) is -9.33. The molecule has 0 unspecified atom stereocenters. The Kier molecular flexibility index (Phi) is 6.10. The Morgan fingerprint density at radius 2 is 1.75 bits per heavy atom. The number of carbonyl (C=O) groups excluding carboxylic acids is 2. The van der Waals surface area contributed by atoms with Crippen molar-refractivity contribution in [2.24, 2.45) is 0 Å². The molecule has 0 bridgehead atoms. The van der Waals surface area contributed by atoms with Crippen LogP contribution in [-0.4, -0.2) is 41.2 Å². The van der Waals surface area contributed by atoms with Crippen LogP contribution in [0.3, 0.4) is 0 Å². The largest absolute Gasteiger partial charge is 0.417 e. The zero-order chi connectivity index (χ0) is 23.7. The zero-order valence-electron chi connectivity index (χ0n) is 16.2. The lowest BCUT2D eigenvalue weighted by Gasteiger charge is -2.13. The van der Waals surface area contributed by atoms with E-state index in [1.54, 1.807) is 5.32 Å². The van der Waals surface area contributed by atoms with E-state index >= 15 is 0 Å². The molecule has 0 saturated heterocycles. The lowest BCUT2D eigenvalue weighted by atomic mass is 10.0. The number of hydrogen-bond donors (Lipinski definition) is 2. The first-order valence-electron chi connectivity index (χ1n) is 8.92. The van der Waals surface area contributed by atoms with Crippen molar-refractivity contribution in [3.63, 3.8) is 0 Å². The molecule has 0 radical (unpaired) electrons. The molecular weight excluding hydrogens is 446 g/mol. The molecular formula is C19H14F6N4O3. The number of rotatable bonds is 5. The number of benzene rings is 1. The number of amides is 2. The molecule has 0 fully saturated rings. The maximum atomic E-state index is 13.4. The highest BCUT2D eigenvalue weighted by Crippen LogP contribution is 2.37. The summed E-state index contributed by atoms with van der Waals surface area (Å²) in [4.78, 5) is 28.2. The number of carbonyl (C=O) groups is 2. The van der Waals surface area contributed by atoms with E-state index in [0.29, 0.717) is 0 Å². The number of hydrogen-bond acceptors (Lipinski definition) is 5. The fraction of sp³-hybridized carbons (Fsp3) is 0.263. The Morgan fingerprint density at radius 3 is 2.41 bits per heavy atom. The summed E-state index contributed by atoms with van der Waals surface area (Å²) >= 11 is 0. The van der Waals surface area contributed by atoms with Crippen molar-refractivity contribution in [2.45, 2.75) is 19.3 Å². The summed E-state index contributed by atoms with van der Waals surface area (Å²) in [5, 5.41) is 7.46. The molecule has 2 heterocycles. The van der Waals surface area contributed by atoms with Gasteiger partial charge in [-0.3, -0.25) is 9.59 Å². The van der Waals surface area contributed by atoms with Crippen LogP contribution in [0.15, 0.2) is 34.9 Å². The standard InChI is InChI=1S/C19H14F6N4O3/c1-9-15-11(16(31)26-7-14(30)27-8-18(20,21)22)6-13(28-17(15)32-29-9)10-4-2-3-5-12(10)19(23,24)25/h2-6H,7-8H2,1H3,(H,26,31)(H,27,30). The average Bonchev–Trinajstić information content (AvgIpc) is 3.09. The molecule has 0 spiro atoms. The molecule has 0 aliphatic heterocycles. The van der Waals surface area contributed by atoms with E-state index in [4.69, 9.17) is 4.52 Å². The van der Waals surface area contributed by atoms with E-state index in [0.717, 1.165) is 18.2 Å². The number of aromatic nitrogens is 2. The quantitative estimate of drug-likeness (QED) is 0.567. The Hall–Kier alpha value is -3.64. The molecule has 13 heteroatoms. The first-order valence-corrected chi connectivity index (χ1v) is 8.92. The monoisotopic (exact) mass is 460 g/mol. The molecule has 170 valence electrons. The molecule has 2 amide bonds. The number of aryl methyl sites for hydroxylation is 1. The van der Waals surface area contributed by atoms with Crippen molar-refractivity contribution >= 4 is 22.9 Å². The molecule has 3 rings (SSSR count). The van der Waals surface area contributed by atoms with Gasteiger partial charge in [-0.2, -0.15) is 26.3 Å². The predicted octanol–water partition coefficient (Wildman–Crippen LogP) is 3.63.